The Balaban J connectivity index is 1.88. The molecule has 1 atom stereocenters. The quantitative estimate of drug-likeness (QED) is 0.666. The molecule has 5 heteroatoms. The van der Waals surface area contributed by atoms with E-state index < -0.39 is 6.04 Å². The molecule has 2 aromatic rings. The first-order valence-corrected chi connectivity index (χ1v) is 6.64. The molecule has 0 saturated carbocycles. The lowest BCUT2D eigenvalue weighted by Crippen LogP contribution is -2.41. The summed E-state index contributed by atoms with van der Waals surface area (Å²) in [7, 11) is 0. The number of hydrogen-bond donors (Lipinski definition) is 4. The van der Waals surface area contributed by atoms with Gasteiger partial charge in [-0.05, 0) is 30.2 Å². The number of phenolic OH excluding ortho intramolecular Hbond substituents is 2. The lowest BCUT2D eigenvalue weighted by Gasteiger charge is -2.13. The van der Waals surface area contributed by atoms with E-state index in [1.807, 2.05) is 0 Å². The highest BCUT2D eigenvalue weighted by molar-refractivity contribution is 5.81. The van der Waals surface area contributed by atoms with Crippen molar-refractivity contribution in [1.29, 1.82) is 0 Å². The van der Waals surface area contributed by atoms with Crippen LogP contribution in [0.2, 0.25) is 0 Å². The maximum Gasteiger partial charge on any atom is 0.237 e. The highest BCUT2D eigenvalue weighted by Gasteiger charge is 2.14. The van der Waals surface area contributed by atoms with Crippen LogP contribution < -0.4 is 11.1 Å². The van der Waals surface area contributed by atoms with E-state index in [2.05, 4.69) is 5.32 Å². The van der Waals surface area contributed by atoms with E-state index in [1.54, 1.807) is 48.5 Å². The minimum absolute atomic E-state index is 0.143. The van der Waals surface area contributed by atoms with Crippen LogP contribution in [0.4, 0.5) is 0 Å². The van der Waals surface area contributed by atoms with Crippen molar-refractivity contribution in [2.45, 2.75) is 19.0 Å². The summed E-state index contributed by atoms with van der Waals surface area (Å²) < 4.78 is 0. The number of carbonyl (C=O) groups is 1. The summed E-state index contributed by atoms with van der Waals surface area (Å²) in [5.41, 5.74) is 7.37. The Kier molecular flexibility index (Phi) is 4.79. The first kappa shape index (κ1) is 14.9. The molecule has 0 aliphatic rings. The molecule has 0 bridgehead atoms. The van der Waals surface area contributed by atoms with Gasteiger partial charge in [0.2, 0.25) is 5.91 Å². The van der Waals surface area contributed by atoms with Gasteiger partial charge in [-0.25, -0.2) is 0 Å². The Morgan fingerprint density at radius 2 is 1.76 bits per heavy atom. The van der Waals surface area contributed by atoms with Gasteiger partial charge in [0.1, 0.15) is 11.5 Å². The van der Waals surface area contributed by atoms with Gasteiger partial charge in [-0.2, -0.15) is 0 Å². The summed E-state index contributed by atoms with van der Waals surface area (Å²) in [6, 6.07) is 12.7. The molecule has 0 heterocycles. The second kappa shape index (κ2) is 6.76. The van der Waals surface area contributed by atoms with Crippen molar-refractivity contribution in [3.05, 3.63) is 59.7 Å². The zero-order valence-corrected chi connectivity index (χ0v) is 11.5. The van der Waals surface area contributed by atoms with Crippen LogP contribution in [0.5, 0.6) is 11.5 Å². The predicted molar refractivity (Wildman–Crippen MR) is 79.7 cm³/mol. The van der Waals surface area contributed by atoms with E-state index in [9.17, 15) is 15.0 Å². The molecule has 110 valence electrons. The molecule has 5 N–H and O–H groups in total. The number of para-hydroxylation sites is 1. The molecular formula is C16H18N2O3. The highest BCUT2D eigenvalue weighted by atomic mass is 16.3. The average molecular weight is 286 g/mol. The third-order valence-corrected chi connectivity index (χ3v) is 3.17. The van der Waals surface area contributed by atoms with E-state index in [4.69, 9.17) is 5.73 Å². The van der Waals surface area contributed by atoms with E-state index >= 15 is 0 Å². The number of rotatable bonds is 5. The SMILES string of the molecule is N[C@@H](Cc1ccc(O)cc1)C(=O)NCc1ccccc1O. The summed E-state index contributed by atoms with van der Waals surface area (Å²) in [6.45, 7) is 0.231. The Hall–Kier alpha value is -2.53. The largest absolute Gasteiger partial charge is 0.508 e. The van der Waals surface area contributed by atoms with Gasteiger partial charge < -0.3 is 21.3 Å². The van der Waals surface area contributed by atoms with Crippen LogP contribution in [0.25, 0.3) is 0 Å². The van der Waals surface area contributed by atoms with Crippen molar-refractivity contribution in [3.8, 4) is 11.5 Å². The number of carbonyl (C=O) groups excluding carboxylic acids is 1. The van der Waals surface area contributed by atoms with Crippen molar-refractivity contribution >= 4 is 5.91 Å². The van der Waals surface area contributed by atoms with Crippen LogP contribution in [0, 0.1) is 0 Å². The van der Waals surface area contributed by atoms with Gasteiger partial charge in [-0.3, -0.25) is 4.79 Å². The maximum absolute atomic E-state index is 11.9. The standard InChI is InChI=1S/C16H18N2O3/c17-14(9-11-5-7-13(19)8-6-11)16(21)18-10-12-3-1-2-4-15(12)20/h1-8,14,19-20H,9-10,17H2,(H,18,21)/t14-/m0/s1. The van der Waals surface area contributed by atoms with Crippen molar-refractivity contribution in [2.75, 3.05) is 0 Å². The van der Waals surface area contributed by atoms with Gasteiger partial charge in [0.25, 0.3) is 0 Å². The fourth-order valence-electron chi connectivity index (χ4n) is 1.95. The fraction of sp³-hybridized carbons (Fsp3) is 0.188. The lowest BCUT2D eigenvalue weighted by atomic mass is 10.1. The normalized spacial score (nSPS) is 11.9. The van der Waals surface area contributed by atoms with Crippen molar-refractivity contribution in [1.82, 2.24) is 5.32 Å². The molecule has 0 aromatic heterocycles. The van der Waals surface area contributed by atoms with Crippen LogP contribution in [0.15, 0.2) is 48.5 Å². The van der Waals surface area contributed by atoms with Gasteiger partial charge in [-0.15, -0.1) is 0 Å². The number of nitrogens with one attached hydrogen (secondary N) is 1. The zero-order valence-electron chi connectivity index (χ0n) is 11.5. The fourth-order valence-corrected chi connectivity index (χ4v) is 1.95. The van der Waals surface area contributed by atoms with Gasteiger partial charge in [0, 0.05) is 12.1 Å². The molecule has 0 radical (unpaired) electrons. The predicted octanol–water partition coefficient (Wildman–Crippen LogP) is 1.28. The maximum atomic E-state index is 11.9. The van der Waals surface area contributed by atoms with Crippen molar-refractivity contribution in [3.63, 3.8) is 0 Å². The van der Waals surface area contributed by atoms with Crippen LogP contribution in [-0.2, 0) is 17.8 Å². The number of amides is 1. The van der Waals surface area contributed by atoms with E-state index in [-0.39, 0.29) is 24.0 Å². The molecular weight excluding hydrogens is 268 g/mol. The molecule has 0 fully saturated rings. The Morgan fingerprint density at radius 3 is 2.43 bits per heavy atom. The molecule has 0 saturated heterocycles. The van der Waals surface area contributed by atoms with E-state index in [1.165, 1.54) is 0 Å². The topological polar surface area (TPSA) is 95.6 Å². The van der Waals surface area contributed by atoms with Gasteiger partial charge >= 0.3 is 0 Å². The summed E-state index contributed by atoms with van der Waals surface area (Å²) in [5, 5.41) is 21.5. The number of aromatic hydroxyl groups is 2. The lowest BCUT2D eigenvalue weighted by molar-refractivity contribution is -0.122. The Morgan fingerprint density at radius 1 is 1.10 bits per heavy atom. The van der Waals surface area contributed by atoms with Crippen molar-refractivity contribution < 1.29 is 15.0 Å². The molecule has 2 rings (SSSR count). The molecule has 2 aromatic carbocycles. The minimum Gasteiger partial charge on any atom is -0.508 e. The highest BCUT2D eigenvalue weighted by Crippen LogP contribution is 2.15. The molecule has 0 unspecified atom stereocenters. The monoisotopic (exact) mass is 286 g/mol. The number of benzene rings is 2. The number of nitrogens with two attached hydrogens (primary N) is 1. The first-order valence-electron chi connectivity index (χ1n) is 6.64. The third kappa shape index (κ3) is 4.22. The molecule has 0 aliphatic carbocycles. The molecule has 0 spiro atoms. The summed E-state index contributed by atoms with van der Waals surface area (Å²) >= 11 is 0. The zero-order chi connectivity index (χ0) is 15.2. The average Bonchev–Trinajstić information content (AvgIpc) is 2.48. The van der Waals surface area contributed by atoms with Crippen molar-refractivity contribution in [2.24, 2.45) is 5.73 Å². The van der Waals surface area contributed by atoms with Crippen LogP contribution in [0.1, 0.15) is 11.1 Å². The van der Waals surface area contributed by atoms with Gasteiger partial charge in [0.05, 0.1) is 6.04 Å². The Labute approximate surface area is 123 Å². The minimum atomic E-state index is -0.680. The van der Waals surface area contributed by atoms with E-state index in [0.29, 0.717) is 12.0 Å². The first-order chi connectivity index (χ1) is 10.1. The second-order valence-corrected chi connectivity index (χ2v) is 4.82. The Bertz CT molecular complexity index is 611. The molecule has 0 aliphatic heterocycles. The molecule has 5 nitrogen and oxygen atoms in total. The summed E-state index contributed by atoms with van der Waals surface area (Å²) in [5.74, 6) is 0.0348. The van der Waals surface area contributed by atoms with Crippen LogP contribution >= 0.6 is 0 Å². The number of phenols is 2. The van der Waals surface area contributed by atoms with Gasteiger partial charge in [-0.1, -0.05) is 30.3 Å². The number of hydrogen-bond acceptors (Lipinski definition) is 4. The molecule has 1 amide bonds. The van der Waals surface area contributed by atoms with Gasteiger partial charge in [0.15, 0.2) is 0 Å². The third-order valence-electron chi connectivity index (χ3n) is 3.17. The summed E-state index contributed by atoms with van der Waals surface area (Å²) in [6.07, 6.45) is 0.382. The van der Waals surface area contributed by atoms with E-state index in [0.717, 1.165) is 5.56 Å². The smallest absolute Gasteiger partial charge is 0.237 e. The summed E-state index contributed by atoms with van der Waals surface area (Å²) in [4.78, 5) is 11.9. The molecule has 21 heavy (non-hydrogen) atoms. The van der Waals surface area contributed by atoms with Crippen LogP contribution in [0.3, 0.4) is 0 Å². The van der Waals surface area contributed by atoms with Crippen LogP contribution in [-0.4, -0.2) is 22.2 Å². The second-order valence-electron chi connectivity index (χ2n) is 4.82.